The van der Waals surface area contributed by atoms with Crippen molar-refractivity contribution in [2.75, 3.05) is 7.11 Å². The minimum atomic E-state index is -0.532. The molecule has 0 atom stereocenters. The first-order chi connectivity index (χ1) is 8.56. The number of hydrogen-bond donors (Lipinski definition) is 2. The number of aromatic hydroxyl groups is 2. The van der Waals surface area contributed by atoms with Gasteiger partial charge in [0.15, 0.2) is 5.88 Å². The van der Waals surface area contributed by atoms with E-state index >= 15 is 0 Å². The number of carbonyl (C=O) groups excluding carboxylic acids is 1. The number of aromatic nitrogens is 1. The van der Waals surface area contributed by atoms with Crippen LogP contribution >= 0.6 is 0 Å². The Kier molecular flexibility index (Phi) is 2.97. The van der Waals surface area contributed by atoms with Crippen molar-refractivity contribution in [1.82, 2.24) is 4.57 Å². The van der Waals surface area contributed by atoms with Crippen molar-refractivity contribution in [3.8, 4) is 17.4 Å². The topological polar surface area (TPSA) is 71.7 Å². The normalized spacial score (nSPS) is 10.3. The van der Waals surface area contributed by atoms with E-state index in [-0.39, 0.29) is 17.3 Å². The molecule has 2 aromatic rings. The number of carbonyl (C=O) groups is 1. The fourth-order valence-corrected chi connectivity index (χ4v) is 1.80. The Morgan fingerprint density at radius 2 is 1.94 bits per heavy atom. The van der Waals surface area contributed by atoms with Gasteiger partial charge in [0.2, 0.25) is 5.88 Å². The van der Waals surface area contributed by atoms with Crippen LogP contribution in [0.1, 0.15) is 15.9 Å². The zero-order chi connectivity index (χ0) is 13.3. The first kappa shape index (κ1) is 12.0. The van der Waals surface area contributed by atoms with E-state index in [4.69, 9.17) is 0 Å². The van der Waals surface area contributed by atoms with Gasteiger partial charge in [0.1, 0.15) is 0 Å². The standard InChI is InChI=1S/C13H13NO4/c1-8-7-11(15)14(12(8)16)10-6-4-3-5-9(10)13(17)18-2/h3-7,15-16H,1-2H3. The molecule has 0 aliphatic carbocycles. The van der Waals surface area contributed by atoms with Crippen LogP contribution in [0.3, 0.4) is 0 Å². The van der Waals surface area contributed by atoms with Gasteiger partial charge >= 0.3 is 5.97 Å². The molecule has 5 heteroatoms. The number of para-hydroxylation sites is 1. The Balaban J connectivity index is 2.68. The van der Waals surface area contributed by atoms with Gasteiger partial charge in [-0.15, -0.1) is 0 Å². The van der Waals surface area contributed by atoms with Gasteiger partial charge in [-0.25, -0.2) is 4.79 Å². The summed E-state index contributed by atoms with van der Waals surface area (Å²) in [4.78, 5) is 11.6. The van der Waals surface area contributed by atoms with Crippen molar-refractivity contribution >= 4 is 5.97 Å². The number of hydrogen-bond acceptors (Lipinski definition) is 4. The van der Waals surface area contributed by atoms with Crippen LogP contribution in [0.15, 0.2) is 30.3 Å². The van der Waals surface area contributed by atoms with Crippen LogP contribution in [0, 0.1) is 6.92 Å². The van der Waals surface area contributed by atoms with E-state index in [0.29, 0.717) is 11.3 Å². The van der Waals surface area contributed by atoms with Crippen molar-refractivity contribution in [1.29, 1.82) is 0 Å². The molecule has 0 saturated heterocycles. The van der Waals surface area contributed by atoms with Gasteiger partial charge in [-0.3, -0.25) is 4.57 Å². The molecule has 5 nitrogen and oxygen atoms in total. The molecule has 1 aromatic heterocycles. The molecule has 0 aliphatic rings. The molecular weight excluding hydrogens is 234 g/mol. The molecule has 0 unspecified atom stereocenters. The molecule has 0 spiro atoms. The molecule has 0 radical (unpaired) electrons. The number of methoxy groups -OCH3 is 1. The molecule has 0 saturated carbocycles. The van der Waals surface area contributed by atoms with E-state index < -0.39 is 5.97 Å². The quantitative estimate of drug-likeness (QED) is 0.796. The maximum absolute atomic E-state index is 11.6. The third-order valence-corrected chi connectivity index (χ3v) is 2.69. The van der Waals surface area contributed by atoms with Crippen molar-refractivity contribution in [3.63, 3.8) is 0 Å². The zero-order valence-electron chi connectivity index (χ0n) is 10.0. The number of esters is 1. The van der Waals surface area contributed by atoms with Crippen LogP contribution < -0.4 is 0 Å². The molecule has 94 valence electrons. The van der Waals surface area contributed by atoms with Crippen LogP contribution in [0.2, 0.25) is 0 Å². The van der Waals surface area contributed by atoms with E-state index in [0.717, 1.165) is 0 Å². The molecular formula is C13H13NO4. The van der Waals surface area contributed by atoms with E-state index in [1.807, 2.05) is 0 Å². The fourth-order valence-electron chi connectivity index (χ4n) is 1.80. The number of rotatable bonds is 2. The maximum atomic E-state index is 11.6. The summed E-state index contributed by atoms with van der Waals surface area (Å²) in [5.74, 6) is -0.777. The highest BCUT2D eigenvalue weighted by atomic mass is 16.5. The summed E-state index contributed by atoms with van der Waals surface area (Å²) in [6.45, 7) is 1.66. The third-order valence-electron chi connectivity index (χ3n) is 2.69. The lowest BCUT2D eigenvalue weighted by molar-refractivity contribution is 0.0600. The van der Waals surface area contributed by atoms with Gasteiger partial charge in [-0.05, 0) is 19.1 Å². The number of nitrogens with zero attached hydrogens (tertiary/aromatic N) is 1. The van der Waals surface area contributed by atoms with Crippen molar-refractivity contribution in [2.45, 2.75) is 6.92 Å². The van der Waals surface area contributed by atoms with Crippen LogP contribution in [0.25, 0.3) is 5.69 Å². The second-order valence-corrected chi connectivity index (χ2v) is 3.85. The van der Waals surface area contributed by atoms with E-state index in [1.54, 1.807) is 31.2 Å². The Morgan fingerprint density at radius 1 is 1.28 bits per heavy atom. The Labute approximate surface area is 104 Å². The van der Waals surface area contributed by atoms with Crippen LogP contribution in [-0.4, -0.2) is 27.9 Å². The summed E-state index contributed by atoms with van der Waals surface area (Å²) in [6, 6.07) is 7.99. The molecule has 2 rings (SSSR count). The minimum absolute atomic E-state index is 0.108. The summed E-state index contributed by atoms with van der Waals surface area (Å²) >= 11 is 0. The largest absolute Gasteiger partial charge is 0.494 e. The average Bonchev–Trinajstić information content (AvgIpc) is 2.62. The van der Waals surface area contributed by atoms with Gasteiger partial charge in [0.25, 0.3) is 0 Å². The lowest BCUT2D eigenvalue weighted by Crippen LogP contribution is -2.07. The van der Waals surface area contributed by atoms with Gasteiger partial charge < -0.3 is 14.9 Å². The lowest BCUT2D eigenvalue weighted by Gasteiger charge is -2.11. The first-order valence-corrected chi connectivity index (χ1v) is 5.34. The molecule has 1 aromatic carbocycles. The summed E-state index contributed by atoms with van der Waals surface area (Å²) in [6.07, 6.45) is 0. The first-order valence-electron chi connectivity index (χ1n) is 5.34. The highest BCUT2D eigenvalue weighted by molar-refractivity contribution is 5.93. The van der Waals surface area contributed by atoms with E-state index in [9.17, 15) is 15.0 Å². The van der Waals surface area contributed by atoms with Crippen molar-refractivity contribution < 1.29 is 19.7 Å². The molecule has 0 fully saturated rings. The van der Waals surface area contributed by atoms with Crippen LogP contribution in [0.5, 0.6) is 11.8 Å². The Bertz CT molecular complexity index is 601. The lowest BCUT2D eigenvalue weighted by atomic mass is 10.2. The second-order valence-electron chi connectivity index (χ2n) is 3.85. The number of ether oxygens (including phenoxy) is 1. The maximum Gasteiger partial charge on any atom is 0.339 e. The Hall–Kier alpha value is -2.43. The summed E-state index contributed by atoms with van der Waals surface area (Å²) in [7, 11) is 1.28. The van der Waals surface area contributed by atoms with Crippen LogP contribution in [0.4, 0.5) is 0 Å². The summed E-state index contributed by atoms with van der Waals surface area (Å²) < 4.78 is 5.87. The van der Waals surface area contributed by atoms with Gasteiger partial charge in [-0.2, -0.15) is 0 Å². The van der Waals surface area contributed by atoms with Gasteiger partial charge in [0.05, 0.1) is 18.4 Å². The number of benzene rings is 1. The summed E-state index contributed by atoms with van der Waals surface area (Å²) in [5, 5.41) is 19.7. The van der Waals surface area contributed by atoms with Crippen molar-refractivity contribution in [2.24, 2.45) is 0 Å². The highest BCUT2D eigenvalue weighted by Crippen LogP contribution is 2.32. The molecule has 0 aliphatic heterocycles. The minimum Gasteiger partial charge on any atom is -0.494 e. The van der Waals surface area contributed by atoms with E-state index in [2.05, 4.69) is 4.74 Å². The molecule has 0 bridgehead atoms. The number of aryl methyl sites for hydroxylation is 1. The Morgan fingerprint density at radius 3 is 2.50 bits per heavy atom. The smallest absolute Gasteiger partial charge is 0.339 e. The monoisotopic (exact) mass is 247 g/mol. The predicted molar refractivity (Wildman–Crippen MR) is 65.2 cm³/mol. The summed E-state index contributed by atoms with van der Waals surface area (Å²) in [5.41, 5.74) is 1.15. The predicted octanol–water partition coefficient (Wildman–Crippen LogP) is 1.98. The van der Waals surface area contributed by atoms with Crippen molar-refractivity contribution in [3.05, 3.63) is 41.5 Å². The van der Waals surface area contributed by atoms with Gasteiger partial charge in [-0.1, -0.05) is 12.1 Å². The van der Waals surface area contributed by atoms with Crippen LogP contribution in [-0.2, 0) is 4.74 Å². The second kappa shape index (κ2) is 4.44. The molecule has 2 N–H and O–H groups in total. The zero-order valence-corrected chi connectivity index (χ0v) is 10.0. The highest BCUT2D eigenvalue weighted by Gasteiger charge is 2.18. The fraction of sp³-hybridized carbons (Fsp3) is 0.154. The SMILES string of the molecule is COC(=O)c1ccccc1-n1c(O)cc(C)c1O. The average molecular weight is 247 g/mol. The molecule has 18 heavy (non-hydrogen) atoms. The molecule has 1 heterocycles. The van der Waals surface area contributed by atoms with Gasteiger partial charge in [0, 0.05) is 11.6 Å². The third kappa shape index (κ3) is 1.79. The molecule has 0 amide bonds. The van der Waals surface area contributed by atoms with E-state index in [1.165, 1.54) is 17.7 Å².